The lowest BCUT2D eigenvalue weighted by Gasteiger charge is -2.21. The summed E-state index contributed by atoms with van der Waals surface area (Å²) in [5, 5.41) is 5.81. The van der Waals surface area contributed by atoms with Gasteiger partial charge in [0.05, 0.1) is 16.6 Å². The van der Waals surface area contributed by atoms with Crippen LogP contribution in [0.1, 0.15) is 36.0 Å². The lowest BCUT2D eigenvalue weighted by molar-refractivity contribution is -0.122. The number of nitrogens with two attached hydrogens (primary N) is 2. The molecule has 0 aliphatic rings. The van der Waals surface area contributed by atoms with Gasteiger partial charge in [-0.15, -0.1) is 11.3 Å². The number of nitrogens with zero attached hydrogens (tertiary/aromatic N) is 3. The SMILES string of the molecule is C=C(/C=C\C(=C/N)c1csc(C)n1)NC(=O)C(c1ccc(-c2cnc(N)nc2)cc1)C(C)C. The summed E-state index contributed by atoms with van der Waals surface area (Å²) < 4.78 is 0. The van der Waals surface area contributed by atoms with Crippen molar-refractivity contribution in [3.8, 4) is 11.1 Å². The van der Waals surface area contributed by atoms with E-state index in [2.05, 4.69) is 26.8 Å². The van der Waals surface area contributed by atoms with Crippen molar-refractivity contribution in [2.75, 3.05) is 5.73 Å². The zero-order valence-corrected chi connectivity index (χ0v) is 19.8. The van der Waals surface area contributed by atoms with Gasteiger partial charge in [-0.1, -0.05) is 44.7 Å². The number of amides is 1. The van der Waals surface area contributed by atoms with Gasteiger partial charge in [0.25, 0.3) is 0 Å². The molecule has 0 saturated heterocycles. The molecule has 1 unspecified atom stereocenters. The number of carbonyl (C=O) groups is 1. The van der Waals surface area contributed by atoms with Gasteiger partial charge < -0.3 is 16.8 Å². The van der Waals surface area contributed by atoms with Crippen molar-refractivity contribution >= 4 is 28.8 Å². The lowest BCUT2D eigenvalue weighted by Crippen LogP contribution is -2.30. The van der Waals surface area contributed by atoms with Crippen LogP contribution in [0.4, 0.5) is 5.95 Å². The largest absolute Gasteiger partial charge is 0.404 e. The van der Waals surface area contributed by atoms with Gasteiger partial charge in [-0.05, 0) is 36.1 Å². The molecular formula is C25H28N6OS. The Morgan fingerprint density at radius 3 is 2.33 bits per heavy atom. The second-order valence-corrected chi connectivity index (χ2v) is 8.96. The van der Waals surface area contributed by atoms with E-state index in [4.69, 9.17) is 11.5 Å². The molecule has 8 heteroatoms. The number of hydrogen-bond acceptors (Lipinski definition) is 7. The molecule has 0 saturated carbocycles. The van der Waals surface area contributed by atoms with E-state index in [1.165, 1.54) is 6.20 Å². The first-order chi connectivity index (χ1) is 15.8. The predicted molar refractivity (Wildman–Crippen MR) is 135 cm³/mol. The molecule has 33 heavy (non-hydrogen) atoms. The fourth-order valence-electron chi connectivity index (χ4n) is 3.40. The third kappa shape index (κ3) is 6.14. The second-order valence-electron chi connectivity index (χ2n) is 7.90. The highest BCUT2D eigenvalue weighted by atomic mass is 32.1. The molecule has 0 spiro atoms. The zero-order chi connectivity index (χ0) is 24.0. The number of hydrogen-bond donors (Lipinski definition) is 3. The van der Waals surface area contributed by atoms with E-state index in [1.807, 2.05) is 50.4 Å². The average molecular weight is 461 g/mol. The van der Waals surface area contributed by atoms with Gasteiger partial charge in [0.2, 0.25) is 11.9 Å². The van der Waals surface area contributed by atoms with E-state index in [0.717, 1.165) is 33.0 Å². The maximum Gasteiger partial charge on any atom is 0.232 e. The van der Waals surface area contributed by atoms with Crippen LogP contribution in [0.5, 0.6) is 0 Å². The number of thiazole rings is 1. The standard InChI is InChI=1S/C25H28N6OS/c1-15(2)23(19-9-7-18(8-10-19)21-12-28-25(27)29-13-21)24(32)30-16(3)5-6-20(11-26)22-14-33-17(4)31-22/h5-15,23H,3,26H2,1-2,4H3,(H,30,32)(H2,27,28,29)/b6-5-,20-11+. The first kappa shape index (κ1) is 23.9. The topological polar surface area (TPSA) is 120 Å². The van der Waals surface area contributed by atoms with Crippen molar-refractivity contribution in [1.82, 2.24) is 20.3 Å². The second kappa shape index (κ2) is 10.7. The van der Waals surface area contributed by atoms with Crippen LogP contribution in [-0.4, -0.2) is 20.9 Å². The molecule has 3 rings (SSSR count). The van der Waals surface area contributed by atoms with Crippen LogP contribution in [0.2, 0.25) is 0 Å². The zero-order valence-electron chi connectivity index (χ0n) is 18.9. The molecule has 0 bridgehead atoms. The molecule has 170 valence electrons. The van der Waals surface area contributed by atoms with Crippen molar-refractivity contribution < 1.29 is 4.79 Å². The minimum Gasteiger partial charge on any atom is -0.404 e. The summed E-state index contributed by atoms with van der Waals surface area (Å²) in [6.07, 6.45) is 8.37. The molecule has 3 aromatic rings. The summed E-state index contributed by atoms with van der Waals surface area (Å²) in [4.78, 5) is 25.6. The highest BCUT2D eigenvalue weighted by molar-refractivity contribution is 7.09. The van der Waals surface area contributed by atoms with E-state index in [9.17, 15) is 4.79 Å². The monoisotopic (exact) mass is 460 g/mol. The van der Waals surface area contributed by atoms with Crippen LogP contribution in [0, 0.1) is 12.8 Å². The molecule has 1 aromatic carbocycles. The number of anilines is 1. The smallest absolute Gasteiger partial charge is 0.232 e. The van der Waals surface area contributed by atoms with Crippen LogP contribution in [0.15, 0.2) is 72.7 Å². The first-order valence-electron chi connectivity index (χ1n) is 10.5. The Morgan fingerprint density at radius 1 is 1.12 bits per heavy atom. The molecule has 0 radical (unpaired) electrons. The molecule has 2 aromatic heterocycles. The number of benzene rings is 1. The summed E-state index contributed by atoms with van der Waals surface area (Å²) in [5.41, 5.74) is 16.1. The first-order valence-corrected chi connectivity index (χ1v) is 11.4. The molecule has 5 N–H and O–H groups in total. The Morgan fingerprint density at radius 2 is 1.79 bits per heavy atom. The highest BCUT2D eigenvalue weighted by Gasteiger charge is 2.24. The minimum atomic E-state index is -0.336. The number of allylic oxidation sites excluding steroid dienone is 3. The molecule has 2 heterocycles. The summed E-state index contributed by atoms with van der Waals surface area (Å²) >= 11 is 1.55. The fourth-order valence-corrected chi connectivity index (χ4v) is 4.02. The number of nitrogen functional groups attached to an aromatic ring is 1. The molecule has 0 fully saturated rings. The predicted octanol–water partition coefficient (Wildman–Crippen LogP) is 4.42. The van der Waals surface area contributed by atoms with E-state index in [1.54, 1.807) is 35.9 Å². The van der Waals surface area contributed by atoms with E-state index in [-0.39, 0.29) is 23.7 Å². The maximum absolute atomic E-state index is 13.1. The van der Waals surface area contributed by atoms with Crippen LogP contribution >= 0.6 is 11.3 Å². The quantitative estimate of drug-likeness (QED) is 0.428. The van der Waals surface area contributed by atoms with Gasteiger partial charge in [0, 0.05) is 40.8 Å². The Hall–Kier alpha value is -3.78. The summed E-state index contributed by atoms with van der Waals surface area (Å²) in [7, 11) is 0. The normalized spacial score (nSPS) is 12.8. The van der Waals surface area contributed by atoms with E-state index in [0.29, 0.717) is 5.70 Å². The van der Waals surface area contributed by atoms with Crippen LogP contribution in [0.25, 0.3) is 16.7 Å². The Labute approximate surface area is 198 Å². The molecule has 7 nitrogen and oxygen atoms in total. The van der Waals surface area contributed by atoms with Crippen LogP contribution < -0.4 is 16.8 Å². The van der Waals surface area contributed by atoms with E-state index < -0.39 is 0 Å². The fraction of sp³-hybridized carbons (Fsp3) is 0.200. The Bertz CT molecular complexity index is 1180. The number of rotatable bonds is 8. The van der Waals surface area contributed by atoms with Crippen LogP contribution in [-0.2, 0) is 4.79 Å². The van der Waals surface area contributed by atoms with Crippen molar-refractivity contribution in [1.29, 1.82) is 0 Å². The molecule has 0 aliphatic carbocycles. The van der Waals surface area contributed by atoms with Crippen molar-refractivity contribution in [3.63, 3.8) is 0 Å². The number of carbonyl (C=O) groups excluding carboxylic acids is 1. The molecule has 0 aliphatic heterocycles. The highest BCUT2D eigenvalue weighted by Crippen LogP contribution is 2.28. The average Bonchev–Trinajstić information content (AvgIpc) is 3.21. The minimum absolute atomic E-state index is 0.0879. The van der Waals surface area contributed by atoms with Crippen molar-refractivity contribution in [2.24, 2.45) is 11.7 Å². The van der Waals surface area contributed by atoms with Gasteiger partial charge >= 0.3 is 0 Å². The van der Waals surface area contributed by atoms with Gasteiger partial charge in [-0.25, -0.2) is 15.0 Å². The molecular weight excluding hydrogens is 432 g/mol. The Kier molecular flexibility index (Phi) is 7.74. The van der Waals surface area contributed by atoms with Gasteiger partial charge in [0.15, 0.2) is 0 Å². The number of nitrogens with one attached hydrogen (secondary N) is 1. The van der Waals surface area contributed by atoms with Gasteiger partial charge in [-0.3, -0.25) is 4.79 Å². The maximum atomic E-state index is 13.1. The summed E-state index contributed by atoms with van der Waals surface area (Å²) in [6.45, 7) is 9.94. The Balaban J connectivity index is 1.70. The summed E-state index contributed by atoms with van der Waals surface area (Å²) in [5.74, 6) is -0.134. The van der Waals surface area contributed by atoms with Gasteiger partial charge in [-0.2, -0.15) is 0 Å². The summed E-state index contributed by atoms with van der Waals surface area (Å²) in [6, 6.07) is 7.81. The van der Waals surface area contributed by atoms with Crippen molar-refractivity contribution in [2.45, 2.75) is 26.7 Å². The van der Waals surface area contributed by atoms with Crippen molar-refractivity contribution in [3.05, 3.63) is 88.9 Å². The molecule has 1 atom stereocenters. The number of aryl methyl sites for hydroxylation is 1. The molecule has 1 amide bonds. The van der Waals surface area contributed by atoms with E-state index >= 15 is 0 Å². The third-order valence-electron chi connectivity index (χ3n) is 5.07. The number of aromatic nitrogens is 3. The van der Waals surface area contributed by atoms with Crippen LogP contribution in [0.3, 0.4) is 0 Å². The van der Waals surface area contributed by atoms with Gasteiger partial charge in [0.1, 0.15) is 0 Å². The lowest BCUT2D eigenvalue weighted by atomic mass is 9.87. The third-order valence-corrected chi connectivity index (χ3v) is 5.84.